The van der Waals surface area contributed by atoms with Gasteiger partial charge in [-0.25, -0.2) is 4.39 Å². The van der Waals surface area contributed by atoms with E-state index in [1.807, 2.05) is 6.07 Å². The van der Waals surface area contributed by atoms with Crippen LogP contribution in [0.4, 0.5) is 10.1 Å². The normalized spacial score (nSPS) is 18.3. The van der Waals surface area contributed by atoms with Crippen LogP contribution in [-0.4, -0.2) is 68.3 Å². The second kappa shape index (κ2) is 7.20. The van der Waals surface area contributed by atoms with Crippen molar-refractivity contribution in [2.45, 2.75) is 13.0 Å². The molecule has 1 N–H and O–H groups in total. The lowest BCUT2D eigenvalue weighted by atomic mass is 10.1. The van der Waals surface area contributed by atoms with Crippen molar-refractivity contribution in [3.05, 3.63) is 29.6 Å². The van der Waals surface area contributed by atoms with Crippen LogP contribution >= 0.6 is 0 Å². The predicted octanol–water partition coefficient (Wildman–Crippen LogP) is 1.56. The molecule has 1 aromatic carbocycles. The summed E-state index contributed by atoms with van der Waals surface area (Å²) in [6.45, 7) is 7.23. The topological polar surface area (TPSA) is 30.0 Å². The molecule has 118 valence electrons. The first kappa shape index (κ1) is 16.2. The summed E-state index contributed by atoms with van der Waals surface area (Å²) < 4.78 is 14.2. The van der Waals surface area contributed by atoms with Gasteiger partial charge in [0.2, 0.25) is 0 Å². The van der Waals surface area contributed by atoms with Crippen LogP contribution in [0.5, 0.6) is 0 Å². The smallest absolute Gasteiger partial charge is 0.146 e. The van der Waals surface area contributed by atoms with Gasteiger partial charge in [-0.1, -0.05) is 12.1 Å². The fraction of sp³-hybridized carbons (Fsp3) is 0.625. The number of para-hydroxylation sites is 1. The molecule has 0 saturated carbocycles. The van der Waals surface area contributed by atoms with Crippen LogP contribution in [0.3, 0.4) is 0 Å². The zero-order valence-corrected chi connectivity index (χ0v) is 13.2. The molecule has 1 saturated heterocycles. The number of nitrogens with zero attached hydrogens (tertiary/aromatic N) is 3. The average molecular weight is 295 g/mol. The molecule has 1 aliphatic heterocycles. The van der Waals surface area contributed by atoms with E-state index < -0.39 is 6.10 Å². The van der Waals surface area contributed by atoms with Gasteiger partial charge in [-0.3, -0.25) is 4.90 Å². The van der Waals surface area contributed by atoms with E-state index in [0.717, 1.165) is 39.3 Å². The highest BCUT2D eigenvalue weighted by Crippen LogP contribution is 2.30. The Bertz CT molecular complexity index is 457. The van der Waals surface area contributed by atoms with Gasteiger partial charge in [0.15, 0.2) is 0 Å². The molecule has 0 aliphatic carbocycles. The summed E-state index contributed by atoms with van der Waals surface area (Å²) in [5, 5.41) is 9.85. The summed E-state index contributed by atoms with van der Waals surface area (Å²) in [5.41, 5.74) is 1.25. The number of piperazine rings is 1. The highest BCUT2D eigenvalue weighted by atomic mass is 19.1. The van der Waals surface area contributed by atoms with Gasteiger partial charge in [-0.15, -0.1) is 0 Å². The standard InChI is InChI=1S/C16H26FN3O/c1-13(21)14-5-4-6-15(17)16(14)20-11-9-19(10-12-20)8-7-18(2)3/h4-6,13,21H,7-12H2,1-3H3/t13-/m1/s1. The fourth-order valence-electron chi connectivity index (χ4n) is 2.74. The number of hydrogen-bond acceptors (Lipinski definition) is 4. The number of aliphatic hydroxyl groups is 1. The molecule has 2 rings (SSSR count). The van der Waals surface area contributed by atoms with E-state index in [4.69, 9.17) is 0 Å². The third kappa shape index (κ3) is 4.15. The minimum absolute atomic E-state index is 0.241. The van der Waals surface area contributed by atoms with Gasteiger partial charge >= 0.3 is 0 Å². The number of anilines is 1. The quantitative estimate of drug-likeness (QED) is 0.893. The number of rotatable bonds is 5. The van der Waals surface area contributed by atoms with Gasteiger partial charge in [0.05, 0.1) is 11.8 Å². The van der Waals surface area contributed by atoms with Crippen LogP contribution in [0.25, 0.3) is 0 Å². The minimum atomic E-state index is -0.650. The SMILES string of the molecule is C[C@@H](O)c1cccc(F)c1N1CCN(CCN(C)C)CC1. The third-order valence-corrected chi connectivity index (χ3v) is 4.02. The van der Waals surface area contributed by atoms with Crippen molar-refractivity contribution in [2.75, 3.05) is 58.3 Å². The second-order valence-electron chi connectivity index (χ2n) is 5.99. The van der Waals surface area contributed by atoms with Crippen LogP contribution in [0.2, 0.25) is 0 Å². The minimum Gasteiger partial charge on any atom is -0.389 e. The lowest BCUT2D eigenvalue weighted by Gasteiger charge is -2.37. The first-order valence-corrected chi connectivity index (χ1v) is 7.57. The molecular weight excluding hydrogens is 269 g/mol. The molecule has 1 aliphatic rings. The van der Waals surface area contributed by atoms with Gasteiger partial charge in [0.25, 0.3) is 0 Å². The summed E-state index contributed by atoms with van der Waals surface area (Å²) >= 11 is 0. The van der Waals surface area contributed by atoms with E-state index in [9.17, 15) is 9.50 Å². The first-order valence-electron chi connectivity index (χ1n) is 7.57. The van der Waals surface area contributed by atoms with Crippen LogP contribution in [0.15, 0.2) is 18.2 Å². The van der Waals surface area contributed by atoms with Gasteiger partial charge in [-0.2, -0.15) is 0 Å². The van der Waals surface area contributed by atoms with Gasteiger partial charge in [0.1, 0.15) is 5.82 Å². The first-order chi connectivity index (χ1) is 9.99. The Morgan fingerprint density at radius 1 is 1.24 bits per heavy atom. The van der Waals surface area contributed by atoms with Gasteiger partial charge in [0, 0.05) is 44.8 Å². The van der Waals surface area contributed by atoms with Crippen LogP contribution in [-0.2, 0) is 0 Å². The maximum atomic E-state index is 14.2. The lowest BCUT2D eigenvalue weighted by molar-refractivity contribution is 0.198. The van der Waals surface area contributed by atoms with E-state index in [-0.39, 0.29) is 5.82 Å². The van der Waals surface area contributed by atoms with Crippen LogP contribution in [0.1, 0.15) is 18.6 Å². The molecule has 0 amide bonds. The highest BCUT2D eigenvalue weighted by Gasteiger charge is 2.23. The maximum absolute atomic E-state index is 14.2. The molecular formula is C16H26FN3O. The number of halogens is 1. The van der Waals surface area contributed by atoms with E-state index in [2.05, 4.69) is 28.8 Å². The number of benzene rings is 1. The summed E-state index contributed by atoms with van der Waals surface area (Å²) in [4.78, 5) is 6.64. The average Bonchev–Trinajstić information content (AvgIpc) is 2.45. The maximum Gasteiger partial charge on any atom is 0.146 e. The molecule has 1 aromatic rings. The predicted molar refractivity (Wildman–Crippen MR) is 84.2 cm³/mol. The van der Waals surface area contributed by atoms with Crippen molar-refractivity contribution in [2.24, 2.45) is 0 Å². The fourth-order valence-corrected chi connectivity index (χ4v) is 2.74. The number of likely N-dealkylation sites (N-methyl/N-ethyl adjacent to an activating group) is 1. The monoisotopic (exact) mass is 295 g/mol. The molecule has 1 heterocycles. The molecule has 0 unspecified atom stereocenters. The zero-order valence-electron chi connectivity index (χ0n) is 13.2. The van der Waals surface area contributed by atoms with E-state index in [1.54, 1.807) is 13.0 Å². The second-order valence-corrected chi connectivity index (χ2v) is 5.99. The van der Waals surface area contributed by atoms with E-state index in [1.165, 1.54) is 6.07 Å². The van der Waals surface area contributed by atoms with E-state index in [0.29, 0.717) is 11.3 Å². The Morgan fingerprint density at radius 2 is 1.90 bits per heavy atom. The third-order valence-electron chi connectivity index (χ3n) is 4.02. The van der Waals surface area contributed by atoms with Gasteiger partial charge in [-0.05, 0) is 27.1 Å². The highest BCUT2D eigenvalue weighted by molar-refractivity contribution is 5.56. The molecule has 0 bridgehead atoms. The summed E-state index contributed by atoms with van der Waals surface area (Å²) in [6.07, 6.45) is -0.650. The summed E-state index contributed by atoms with van der Waals surface area (Å²) in [6, 6.07) is 4.94. The summed E-state index contributed by atoms with van der Waals surface area (Å²) in [7, 11) is 4.15. The lowest BCUT2D eigenvalue weighted by Crippen LogP contribution is -2.48. The van der Waals surface area contributed by atoms with Gasteiger partial charge < -0.3 is 14.9 Å². The van der Waals surface area contributed by atoms with Crippen molar-refractivity contribution in [1.29, 1.82) is 0 Å². The zero-order chi connectivity index (χ0) is 15.4. The molecule has 0 aromatic heterocycles. The molecule has 0 spiro atoms. The van der Waals surface area contributed by atoms with Crippen molar-refractivity contribution in [3.8, 4) is 0 Å². The number of hydrogen-bond donors (Lipinski definition) is 1. The summed E-state index contributed by atoms with van der Waals surface area (Å²) in [5.74, 6) is -0.241. The van der Waals surface area contributed by atoms with Crippen molar-refractivity contribution < 1.29 is 9.50 Å². The molecule has 0 radical (unpaired) electrons. The van der Waals surface area contributed by atoms with Crippen molar-refractivity contribution in [3.63, 3.8) is 0 Å². The van der Waals surface area contributed by atoms with Crippen molar-refractivity contribution in [1.82, 2.24) is 9.80 Å². The molecule has 1 fully saturated rings. The van der Waals surface area contributed by atoms with Crippen LogP contribution in [0, 0.1) is 5.82 Å². The Labute approximate surface area is 126 Å². The van der Waals surface area contributed by atoms with Crippen LogP contribution < -0.4 is 4.90 Å². The molecule has 4 nitrogen and oxygen atoms in total. The van der Waals surface area contributed by atoms with E-state index >= 15 is 0 Å². The van der Waals surface area contributed by atoms with Crippen molar-refractivity contribution >= 4 is 5.69 Å². The Morgan fingerprint density at radius 3 is 2.48 bits per heavy atom. The largest absolute Gasteiger partial charge is 0.389 e. The number of aliphatic hydroxyl groups excluding tert-OH is 1. The molecule has 1 atom stereocenters. The molecule has 21 heavy (non-hydrogen) atoms. The Kier molecular flexibility index (Phi) is 5.56. The Balaban J connectivity index is 2.02. The molecule has 5 heteroatoms. The Hall–Kier alpha value is -1.17.